The van der Waals surface area contributed by atoms with E-state index in [1.54, 1.807) is 24.5 Å². The van der Waals surface area contributed by atoms with Crippen LogP contribution in [0.25, 0.3) is 0 Å². The molecule has 3 rings (SSSR count). The highest BCUT2D eigenvalue weighted by Crippen LogP contribution is 2.11. The molecule has 0 saturated carbocycles. The lowest BCUT2D eigenvalue weighted by Crippen LogP contribution is -2.54. The fourth-order valence-electron chi connectivity index (χ4n) is 2.61. The minimum Gasteiger partial charge on any atom is -0.349 e. The van der Waals surface area contributed by atoms with E-state index in [0.717, 1.165) is 17.8 Å². The summed E-state index contributed by atoms with van der Waals surface area (Å²) in [6.45, 7) is 1.57. The van der Waals surface area contributed by atoms with Crippen LogP contribution in [-0.2, 0) is 17.8 Å². The molecule has 0 spiro atoms. The Balaban J connectivity index is 1.63. The molecule has 0 aliphatic carbocycles. The van der Waals surface area contributed by atoms with Gasteiger partial charge in [0.25, 0.3) is 0 Å². The largest absolute Gasteiger partial charge is 0.349 e. The first-order chi connectivity index (χ1) is 10.7. The molecule has 0 bridgehead atoms. The molecule has 1 atom stereocenters. The van der Waals surface area contributed by atoms with E-state index >= 15 is 0 Å². The summed E-state index contributed by atoms with van der Waals surface area (Å²) in [5, 5.41) is 12.1. The number of hydrogen-bond donors (Lipinski definition) is 2. The van der Waals surface area contributed by atoms with Crippen LogP contribution < -0.4 is 5.32 Å². The lowest BCUT2D eigenvalue weighted by molar-refractivity contribution is -0.133. The SMILES string of the molecule is N#Cc1ccc(CN2CC(Cc3ncc[nH]3)NCC2=O)cc1. The van der Waals surface area contributed by atoms with E-state index in [0.29, 0.717) is 25.2 Å². The Labute approximate surface area is 128 Å². The zero-order chi connectivity index (χ0) is 15.4. The van der Waals surface area contributed by atoms with E-state index < -0.39 is 0 Å². The quantitative estimate of drug-likeness (QED) is 0.874. The second kappa shape index (κ2) is 6.41. The van der Waals surface area contributed by atoms with Gasteiger partial charge in [-0.1, -0.05) is 12.1 Å². The number of rotatable bonds is 4. The average molecular weight is 295 g/mol. The van der Waals surface area contributed by atoms with Gasteiger partial charge in [0.2, 0.25) is 5.91 Å². The van der Waals surface area contributed by atoms with Gasteiger partial charge in [-0.05, 0) is 17.7 Å². The van der Waals surface area contributed by atoms with Gasteiger partial charge in [-0.3, -0.25) is 4.79 Å². The van der Waals surface area contributed by atoms with Crippen molar-refractivity contribution in [3.8, 4) is 6.07 Å². The maximum atomic E-state index is 12.1. The lowest BCUT2D eigenvalue weighted by atomic mass is 10.1. The topological polar surface area (TPSA) is 84.8 Å². The van der Waals surface area contributed by atoms with Gasteiger partial charge in [0.1, 0.15) is 5.82 Å². The third-order valence-corrected chi connectivity index (χ3v) is 3.79. The minimum atomic E-state index is 0.0973. The Morgan fingerprint density at radius 2 is 2.18 bits per heavy atom. The maximum absolute atomic E-state index is 12.1. The first-order valence-electron chi connectivity index (χ1n) is 7.23. The predicted molar refractivity (Wildman–Crippen MR) is 80.7 cm³/mol. The van der Waals surface area contributed by atoms with Crippen molar-refractivity contribution in [3.63, 3.8) is 0 Å². The van der Waals surface area contributed by atoms with Gasteiger partial charge in [-0.2, -0.15) is 5.26 Å². The first kappa shape index (κ1) is 14.3. The van der Waals surface area contributed by atoms with Gasteiger partial charge in [0, 0.05) is 37.9 Å². The third-order valence-electron chi connectivity index (χ3n) is 3.79. The summed E-state index contributed by atoms with van der Waals surface area (Å²) >= 11 is 0. The molecular formula is C16H17N5O. The van der Waals surface area contributed by atoms with Crippen LogP contribution in [0.1, 0.15) is 17.0 Å². The number of nitrogens with zero attached hydrogens (tertiary/aromatic N) is 3. The fourth-order valence-corrected chi connectivity index (χ4v) is 2.61. The number of benzene rings is 1. The van der Waals surface area contributed by atoms with Crippen LogP contribution in [-0.4, -0.2) is 39.9 Å². The Bertz CT molecular complexity index is 672. The molecule has 112 valence electrons. The van der Waals surface area contributed by atoms with Crippen LogP contribution in [0, 0.1) is 11.3 Å². The molecule has 1 aliphatic rings. The van der Waals surface area contributed by atoms with E-state index in [4.69, 9.17) is 5.26 Å². The van der Waals surface area contributed by atoms with Crippen LogP contribution in [0.15, 0.2) is 36.7 Å². The molecule has 22 heavy (non-hydrogen) atoms. The molecule has 6 nitrogen and oxygen atoms in total. The van der Waals surface area contributed by atoms with E-state index in [1.165, 1.54) is 0 Å². The summed E-state index contributed by atoms with van der Waals surface area (Å²) in [5.74, 6) is 1.02. The van der Waals surface area contributed by atoms with Crippen LogP contribution in [0.4, 0.5) is 0 Å². The molecule has 1 amide bonds. The van der Waals surface area contributed by atoms with Crippen molar-refractivity contribution in [2.75, 3.05) is 13.1 Å². The van der Waals surface area contributed by atoms with E-state index in [9.17, 15) is 4.79 Å². The summed E-state index contributed by atoms with van der Waals surface area (Å²) < 4.78 is 0. The number of aromatic amines is 1. The van der Waals surface area contributed by atoms with E-state index in [1.807, 2.05) is 17.0 Å². The van der Waals surface area contributed by atoms with Gasteiger partial charge in [-0.25, -0.2) is 4.98 Å². The third kappa shape index (κ3) is 3.32. The molecule has 2 heterocycles. The number of H-pyrrole nitrogens is 1. The van der Waals surface area contributed by atoms with Crippen molar-refractivity contribution in [3.05, 3.63) is 53.6 Å². The highest BCUT2D eigenvalue weighted by molar-refractivity contribution is 5.79. The number of piperazine rings is 1. The maximum Gasteiger partial charge on any atom is 0.236 e. The van der Waals surface area contributed by atoms with E-state index in [-0.39, 0.29) is 11.9 Å². The number of amides is 1. The van der Waals surface area contributed by atoms with Crippen LogP contribution >= 0.6 is 0 Å². The Morgan fingerprint density at radius 3 is 2.86 bits per heavy atom. The molecule has 2 aromatic rings. The number of nitrogens with one attached hydrogen (secondary N) is 2. The summed E-state index contributed by atoms with van der Waals surface area (Å²) in [7, 11) is 0. The van der Waals surface area contributed by atoms with Crippen molar-refractivity contribution in [2.45, 2.75) is 19.0 Å². The van der Waals surface area contributed by atoms with Gasteiger partial charge in [0.05, 0.1) is 18.2 Å². The second-order valence-electron chi connectivity index (χ2n) is 5.40. The van der Waals surface area contributed by atoms with Gasteiger partial charge >= 0.3 is 0 Å². The van der Waals surface area contributed by atoms with Gasteiger partial charge in [-0.15, -0.1) is 0 Å². The lowest BCUT2D eigenvalue weighted by Gasteiger charge is -2.33. The number of carbonyl (C=O) groups excluding carboxylic acids is 1. The predicted octanol–water partition coefficient (Wildman–Crippen LogP) is 0.824. The molecule has 1 fully saturated rings. The van der Waals surface area contributed by atoms with Crippen LogP contribution in [0.3, 0.4) is 0 Å². The van der Waals surface area contributed by atoms with Crippen LogP contribution in [0.5, 0.6) is 0 Å². The highest BCUT2D eigenvalue weighted by atomic mass is 16.2. The zero-order valence-electron chi connectivity index (χ0n) is 12.1. The first-order valence-corrected chi connectivity index (χ1v) is 7.23. The number of carbonyl (C=O) groups is 1. The Morgan fingerprint density at radius 1 is 1.36 bits per heavy atom. The Hall–Kier alpha value is -2.65. The second-order valence-corrected chi connectivity index (χ2v) is 5.40. The number of imidazole rings is 1. The summed E-state index contributed by atoms with van der Waals surface area (Å²) in [6, 6.07) is 9.65. The van der Waals surface area contributed by atoms with Crippen molar-refractivity contribution in [2.24, 2.45) is 0 Å². The summed E-state index contributed by atoms with van der Waals surface area (Å²) in [6.07, 6.45) is 4.31. The molecule has 1 aromatic carbocycles. The monoisotopic (exact) mass is 295 g/mol. The number of hydrogen-bond acceptors (Lipinski definition) is 4. The average Bonchev–Trinajstić information content (AvgIpc) is 3.04. The van der Waals surface area contributed by atoms with Crippen molar-refractivity contribution < 1.29 is 4.79 Å². The molecule has 1 aliphatic heterocycles. The Kier molecular flexibility index (Phi) is 4.17. The van der Waals surface area contributed by atoms with Gasteiger partial charge in [0.15, 0.2) is 0 Å². The number of nitriles is 1. The fraction of sp³-hybridized carbons (Fsp3) is 0.312. The molecule has 6 heteroatoms. The van der Waals surface area contributed by atoms with E-state index in [2.05, 4.69) is 21.4 Å². The van der Waals surface area contributed by atoms with Gasteiger partial charge < -0.3 is 15.2 Å². The smallest absolute Gasteiger partial charge is 0.236 e. The molecule has 1 aromatic heterocycles. The molecule has 1 saturated heterocycles. The highest BCUT2D eigenvalue weighted by Gasteiger charge is 2.25. The molecule has 1 unspecified atom stereocenters. The van der Waals surface area contributed by atoms with Crippen molar-refractivity contribution in [1.29, 1.82) is 5.26 Å². The summed E-state index contributed by atoms with van der Waals surface area (Å²) in [4.78, 5) is 21.2. The zero-order valence-corrected chi connectivity index (χ0v) is 12.1. The summed E-state index contributed by atoms with van der Waals surface area (Å²) in [5.41, 5.74) is 1.66. The number of aromatic nitrogens is 2. The van der Waals surface area contributed by atoms with Crippen molar-refractivity contribution in [1.82, 2.24) is 20.2 Å². The molecule has 0 radical (unpaired) electrons. The van der Waals surface area contributed by atoms with Crippen molar-refractivity contribution >= 4 is 5.91 Å². The normalized spacial score (nSPS) is 18.2. The minimum absolute atomic E-state index is 0.0973. The molecular weight excluding hydrogens is 278 g/mol. The van der Waals surface area contributed by atoms with Crippen LogP contribution in [0.2, 0.25) is 0 Å². The standard InChI is InChI=1S/C16H17N5O/c17-8-12-1-3-13(4-2-12)10-21-11-14(20-9-16(21)22)7-15-18-5-6-19-15/h1-6,14,20H,7,9-11H2,(H,18,19). The molecule has 2 N–H and O–H groups in total.